The maximum atomic E-state index is 5.56. The molecule has 0 aliphatic carbocycles. The number of likely N-dealkylation sites (tertiary alicyclic amines) is 1. The number of rotatable bonds is 3. The van der Waals surface area contributed by atoms with E-state index in [0.29, 0.717) is 6.54 Å². The third-order valence-corrected chi connectivity index (χ3v) is 4.39. The molecule has 2 aliphatic rings. The Morgan fingerprint density at radius 2 is 1.89 bits per heavy atom. The molecule has 0 aromatic carbocycles. The Labute approximate surface area is 114 Å². The molecule has 2 fully saturated rings. The van der Waals surface area contributed by atoms with Crippen LogP contribution in [-0.4, -0.2) is 42.1 Å². The largest absolute Gasteiger partial charge is 0.432 e. The average molecular weight is 264 g/mol. The Bertz CT molecular complexity index is 392. The summed E-state index contributed by atoms with van der Waals surface area (Å²) in [6, 6.07) is 1.51. The van der Waals surface area contributed by atoms with Crippen LogP contribution in [0.4, 0.5) is 6.01 Å². The third kappa shape index (κ3) is 2.92. The van der Waals surface area contributed by atoms with Gasteiger partial charge in [0.25, 0.3) is 6.01 Å². The minimum atomic E-state index is 0.452. The molecule has 106 valence electrons. The van der Waals surface area contributed by atoms with E-state index >= 15 is 0 Å². The summed E-state index contributed by atoms with van der Waals surface area (Å²) in [6.45, 7) is 5.13. The fraction of sp³-hybridized carbons (Fsp3) is 0.786. The molecule has 2 N–H and O–H groups in total. The predicted octanol–water partition coefficient (Wildman–Crippen LogP) is 1.59. The Morgan fingerprint density at radius 1 is 1.16 bits per heavy atom. The third-order valence-electron chi connectivity index (χ3n) is 4.39. The second kappa shape index (κ2) is 5.92. The van der Waals surface area contributed by atoms with Gasteiger partial charge in [-0.1, -0.05) is 6.42 Å². The molecule has 2 saturated heterocycles. The van der Waals surface area contributed by atoms with Gasteiger partial charge in [-0.05, 0) is 38.8 Å². The summed E-state index contributed by atoms with van der Waals surface area (Å²) in [7, 11) is 0. The van der Waals surface area contributed by atoms with Crippen molar-refractivity contribution in [3.8, 4) is 0 Å². The van der Waals surface area contributed by atoms with E-state index in [9.17, 15) is 0 Å². The second-order valence-corrected chi connectivity index (χ2v) is 5.64. The summed E-state index contributed by atoms with van der Waals surface area (Å²) >= 11 is 0. The van der Waals surface area contributed by atoms with Crippen molar-refractivity contribution >= 4 is 6.01 Å². The van der Waals surface area contributed by atoms with E-state index in [1.54, 1.807) is 6.26 Å². The van der Waals surface area contributed by atoms with Crippen molar-refractivity contribution in [2.24, 2.45) is 5.73 Å². The first-order valence-corrected chi connectivity index (χ1v) is 7.50. The molecule has 0 bridgehead atoms. The minimum absolute atomic E-state index is 0.452. The molecule has 0 atom stereocenters. The smallest absolute Gasteiger partial charge is 0.297 e. The predicted molar refractivity (Wildman–Crippen MR) is 75.1 cm³/mol. The molecule has 0 amide bonds. The summed E-state index contributed by atoms with van der Waals surface area (Å²) in [5, 5.41) is 0. The van der Waals surface area contributed by atoms with E-state index in [1.807, 2.05) is 0 Å². The molecule has 0 saturated carbocycles. The van der Waals surface area contributed by atoms with Crippen molar-refractivity contribution in [2.75, 3.05) is 31.1 Å². The SMILES string of the molecule is NCc1coc(N2CCC(N3CCCCC3)CC2)n1. The molecule has 0 spiro atoms. The van der Waals surface area contributed by atoms with E-state index in [2.05, 4.69) is 14.8 Å². The van der Waals surface area contributed by atoms with Crippen LogP contribution in [0.1, 0.15) is 37.8 Å². The lowest BCUT2D eigenvalue weighted by molar-refractivity contribution is 0.140. The van der Waals surface area contributed by atoms with E-state index < -0.39 is 0 Å². The first-order chi connectivity index (χ1) is 9.36. The fourth-order valence-corrected chi connectivity index (χ4v) is 3.24. The van der Waals surface area contributed by atoms with Crippen molar-refractivity contribution in [1.82, 2.24) is 9.88 Å². The topological polar surface area (TPSA) is 58.5 Å². The molecule has 2 aliphatic heterocycles. The number of nitrogens with two attached hydrogens (primary N) is 1. The number of anilines is 1. The van der Waals surface area contributed by atoms with Gasteiger partial charge in [-0.3, -0.25) is 0 Å². The molecule has 3 heterocycles. The highest BCUT2D eigenvalue weighted by Crippen LogP contribution is 2.24. The van der Waals surface area contributed by atoms with Crippen LogP contribution in [0.15, 0.2) is 10.7 Å². The fourth-order valence-electron chi connectivity index (χ4n) is 3.24. The number of piperidine rings is 2. The molecule has 5 nitrogen and oxygen atoms in total. The van der Waals surface area contributed by atoms with Crippen LogP contribution >= 0.6 is 0 Å². The van der Waals surface area contributed by atoms with E-state index in [0.717, 1.165) is 30.8 Å². The van der Waals surface area contributed by atoms with Crippen molar-refractivity contribution in [3.05, 3.63) is 12.0 Å². The van der Waals surface area contributed by atoms with Crippen LogP contribution in [0.25, 0.3) is 0 Å². The molecule has 0 radical (unpaired) electrons. The number of hydrogen-bond acceptors (Lipinski definition) is 5. The first-order valence-electron chi connectivity index (χ1n) is 7.50. The van der Waals surface area contributed by atoms with Crippen molar-refractivity contribution in [2.45, 2.75) is 44.7 Å². The maximum absolute atomic E-state index is 5.56. The van der Waals surface area contributed by atoms with E-state index in [-0.39, 0.29) is 0 Å². The summed E-state index contributed by atoms with van der Waals surface area (Å²) in [4.78, 5) is 9.34. The maximum Gasteiger partial charge on any atom is 0.297 e. The van der Waals surface area contributed by atoms with Crippen molar-refractivity contribution in [1.29, 1.82) is 0 Å². The van der Waals surface area contributed by atoms with E-state index in [1.165, 1.54) is 45.2 Å². The summed E-state index contributed by atoms with van der Waals surface area (Å²) < 4.78 is 5.50. The number of aromatic nitrogens is 1. The van der Waals surface area contributed by atoms with Gasteiger partial charge in [-0.25, -0.2) is 0 Å². The first kappa shape index (κ1) is 12.9. The summed E-state index contributed by atoms with van der Waals surface area (Å²) in [5.74, 6) is 0. The summed E-state index contributed by atoms with van der Waals surface area (Å²) in [5.41, 5.74) is 6.41. The van der Waals surface area contributed by atoms with Gasteiger partial charge in [0.1, 0.15) is 6.26 Å². The Balaban J connectivity index is 1.53. The lowest BCUT2D eigenvalue weighted by atomic mass is 10.0. The van der Waals surface area contributed by atoms with Gasteiger partial charge >= 0.3 is 0 Å². The van der Waals surface area contributed by atoms with Gasteiger partial charge < -0.3 is 20.0 Å². The Morgan fingerprint density at radius 3 is 2.53 bits per heavy atom. The number of nitrogens with zero attached hydrogens (tertiary/aromatic N) is 3. The molecule has 3 rings (SSSR count). The molecular weight excluding hydrogens is 240 g/mol. The zero-order valence-corrected chi connectivity index (χ0v) is 11.6. The Kier molecular flexibility index (Phi) is 4.03. The second-order valence-electron chi connectivity index (χ2n) is 5.64. The zero-order valence-electron chi connectivity index (χ0n) is 11.6. The van der Waals surface area contributed by atoms with Crippen molar-refractivity contribution < 1.29 is 4.42 Å². The highest BCUT2D eigenvalue weighted by atomic mass is 16.4. The molecular formula is C14H24N4O. The molecule has 0 unspecified atom stereocenters. The number of oxazole rings is 1. The van der Waals surface area contributed by atoms with Gasteiger partial charge in [-0.2, -0.15) is 4.98 Å². The minimum Gasteiger partial charge on any atom is -0.432 e. The van der Waals surface area contributed by atoms with Crippen LogP contribution in [0.5, 0.6) is 0 Å². The van der Waals surface area contributed by atoms with Gasteiger partial charge in [-0.15, -0.1) is 0 Å². The van der Waals surface area contributed by atoms with Crippen LogP contribution in [-0.2, 0) is 6.54 Å². The van der Waals surface area contributed by atoms with Gasteiger partial charge in [0.15, 0.2) is 0 Å². The van der Waals surface area contributed by atoms with Gasteiger partial charge in [0, 0.05) is 25.7 Å². The van der Waals surface area contributed by atoms with Crippen molar-refractivity contribution in [3.63, 3.8) is 0 Å². The quantitative estimate of drug-likeness (QED) is 0.898. The molecule has 5 heteroatoms. The normalized spacial score (nSPS) is 22.9. The van der Waals surface area contributed by atoms with E-state index in [4.69, 9.17) is 10.2 Å². The lowest BCUT2D eigenvalue weighted by Crippen LogP contribution is -2.46. The van der Waals surface area contributed by atoms with Gasteiger partial charge in [0.05, 0.1) is 5.69 Å². The number of hydrogen-bond donors (Lipinski definition) is 1. The Hall–Kier alpha value is -1.07. The van der Waals surface area contributed by atoms with Crippen LogP contribution in [0.2, 0.25) is 0 Å². The van der Waals surface area contributed by atoms with Crippen LogP contribution < -0.4 is 10.6 Å². The highest BCUT2D eigenvalue weighted by molar-refractivity contribution is 5.27. The average Bonchev–Trinajstić information content (AvgIpc) is 2.97. The highest BCUT2D eigenvalue weighted by Gasteiger charge is 2.27. The zero-order chi connectivity index (χ0) is 13.1. The molecule has 1 aromatic heterocycles. The summed E-state index contributed by atoms with van der Waals surface area (Å²) in [6.07, 6.45) is 8.28. The van der Waals surface area contributed by atoms with Gasteiger partial charge in [0.2, 0.25) is 0 Å². The monoisotopic (exact) mass is 264 g/mol. The van der Waals surface area contributed by atoms with Crippen LogP contribution in [0.3, 0.4) is 0 Å². The lowest BCUT2D eigenvalue weighted by Gasteiger charge is -2.39. The molecule has 19 heavy (non-hydrogen) atoms. The molecule has 1 aromatic rings. The standard InChI is InChI=1S/C14H24N4O/c15-10-12-11-19-14(16-12)18-8-4-13(5-9-18)17-6-2-1-3-7-17/h11,13H,1-10,15H2. The van der Waals surface area contributed by atoms with Crippen LogP contribution in [0, 0.1) is 0 Å².